The number of rotatable bonds is 4. The molecule has 0 saturated carbocycles. The number of halogens is 2. The molecule has 5 heteroatoms. The molecule has 0 fully saturated rings. The maximum Gasteiger partial charge on any atom is 0.309 e. The number of alkyl halides is 2. The predicted octanol–water partition coefficient (Wildman–Crippen LogP) is 2.66. The van der Waals surface area contributed by atoms with E-state index in [0.717, 1.165) is 5.46 Å². The van der Waals surface area contributed by atoms with Crippen LogP contribution in [-0.2, 0) is 17.0 Å². The van der Waals surface area contributed by atoms with Crippen LogP contribution in [0.25, 0.3) is 0 Å². The number of aryl methyl sites for hydroxylation is 1. The molecule has 0 radical (unpaired) electrons. The number of fused-ring (bicyclic) bond motifs is 1. The first-order chi connectivity index (χ1) is 9.53. The van der Waals surface area contributed by atoms with Gasteiger partial charge >= 0.3 is 7.48 Å². The molecule has 1 aromatic carbocycles. The lowest BCUT2D eigenvalue weighted by molar-refractivity contribution is -0.0893. The van der Waals surface area contributed by atoms with Crippen LogP contribution in [0, 0.1) is 0 Å². The van der Waals surface area contributed by atoms with E-state index < -0.39 is 17.1 Å². The minimum absolute atomic E-state index is 0.0679. The number of aliphatic hydroxyl groups is 1. The second kappa shape index (κ2) is 5.36. The molecule has 1 aromatic rings. The Balaban J connectivity index is 2.14. The van der Waals surface area contributed by atoms with Crippen molar-refractivity contribution in [1.29, 1.82) is 0 Å². The van der Waals surface area contributed by atoms with E-state index in [2.05, 4.69) is 0 Å². The van der Waals surface area contributed by atoms with Gasteiger partial charge in [-0.2, -0.15) is 0 Å². The van der Waals surface area contributed by atoms with Crippen LogP contribution in [0.5, 0.6) is 0 Å². The fraction of sp³-hybridized carbons (Fsp3) is 0.625. The lowest BCUT2D eigenvalue weighted by Crippen LogP contribution is -2.49. The molecule has 1 N–H and O–H groups in total. The van der Waals surface area contributed by atoms with Crippen molar-refractivity contribution < 1.29 is 18.5 Å². The Morgan fingerprint density at radius 2 is 1.90 bits per heavy atom. The second-order valence-electron chi connectivity index (χ2n) is 6.91. The molecule has 0 aliphatic heterocycles. The van der Waals surface area contributed by atoms with E-state index in [1.807, 2.05) is 19.9 Å². The molecule has 0 saturated heterocycles. The van der Waals surface area contributed by atoms with Gasteiger partial charge in [0.15, 0.2) is 0 Å². The van der Waals surface area contributed by atoms with Crippen LogP contribution in [0.15, 0.2) is 18.2 Å². The number of hydrogen-bond donors (Lipinski definition) is 1. The van der Waals surface area contributed by atoms with Crippen LogP contribution >= 0.6 is 0 Å². The molecule has 2 nitrogen and oxygen atoms in total. The third kappa shape index (κ3) is 3.46. The van der Waals surface area contributed by atoms with E-state index in [1.54, 1.807) is 19.9 Å². The molecule has 2 rings (SSSR count). The van der Waals surface area contributed by atoms with Gasteiger partial charge in [0.1, 0.15) is 0 Å². The van der Waals surface area contributed by atoms with Crippen LogP contribution in [-0.4, -0.2) is 23.8 Å². The van der Waals surface area contributed by atoms with Gasteiger partial charge in [-0.25, -0.2) is 8.78 Å². The van der Waals surface area contributed by atoms with Crippen molar-refractivity contribution in [2.45, 2.75) is 64.1 Å². The second-order valence-corrected chi connectivity index (χ2v) is 6.91. The van der Waals surface area contributed by atoms with Gasteiger partial charge in [-0.15, -0.1) is 0 Å². The summed E-state index contributed by atoms with van der Waals surface area (Å²) in [6.45, 7) is 7.03. The smallest absolute Gasteiger partial charge is 0.309 e. The highest BCUT2D eigenvalue weighted by Gasteiger charge is 2.37. The van der Waals surface area contributed by atoms with E-state index in [4.69, 9.17) is 4.65 Å². The summed E-state index contributed by atoms with van der Waals surface area (Å²) in [5, 5.41) is 10.1. The van der Waals surface area contributed by atoms with Gasteiger partial charge in [0, 0.05) is 12.0 Å². The molecule has 0 spiro atoms. The molecule has 116 valence electrons. The maximum atomic E-state index is 13.8. The minimum Gasteiger partial charge on any atom is -0.427 e. The predicted molar refractivity (Wildman–Crippen MR) is 81.5 cm³/mol. The Morgan fingerprint density at radius 1 is 1.24 bits per heavy atom. The minimum atomic E-state index is -2.71. The number of hydrogen-bond acceptors (Lipinski definition) is 2. The summed E-state index contributed by atoms with van der Waals surface area (Å²) in [6, 6.07) is 5.02. The van der Waals surface area contributed by atoms with Crippen molar-refractivity contribution in [1.82, 2.24) is 0 Å². The summed E-state index contributed by atoms with van der Waals surface area (Å²) in [5.41, 5.74) is 0.0394. The van der Waals surface area contributed by atoms with Crippen LogP contribution in [0.4, 0.5) is 8.78 Å². The van der Waals surface area contributed by atoms with Gasteiger partial charge < -0.3 is 9.76 Å². The van der Waals surface area contributed by atoms with Crippen molar-refractivity contribution in [3.63, 3.8) is 0 Å². The Labute approximate surface area is 125 Å². The summed E-state index contributed by atoms with van der Waals surface area (Å²) in [4.78, 5) is 0. The lowest BCUT2D eigenvalue weighted by atomic mass is 9.79. The van der Waals surface area contributed by atoms with Crippen LogP contribution in [0.2, 0.25) is 0 Å². The highest BCUT2D eigenvalue weighted by molar-refractivity contribution is 6.47. The highest BCUT2D eigenvalue weighted by Crippen LogP contribution is 2.39. The molecule has 0 heterocycles. The van der Waals surface area contributed by atoms with Crippen molar-refractivity contribution >= 4 is 12.9 Å². The zero-order valence-electron chi connectivity index (χ0n) is 13.2. The fourth-order valence-corrected chi connectivity index (χ4v) is 2.38. The molecule has 0 aromatic heterocycles. The highest BCUT2D eigenvalue weighted by atomic mass is 19.3. The average Bonchev–Trinajstić information content (AvgIpc) is 2.34. The van der Waals surface area contributed by atoms with Crippen molar-refractivity contribution in [2.24, 2.45) is 0 Å². The monoisotopic (exact) mass is 296 g/mol. The summed E-state index contributed by atoms with van der Waals surface area (Å²) in [7, 11) is 0.301. The van der Waals surface area contributed by atoms with E-state index in [1.165, 1.54) is 6.07 Å². The fourth-order valence-electron chi connectivity index (χ4n) is 2.38. The molecular formula is C16H23BF2O2. The largest absolute Gasteiger partial charge is 0.427 e. The first-order valence-corrected chi connectivity index (χ1v) is 7.39. The normalized spacial score (nSPS) is 18.2. The summed E-state index contributed by atoms with van der Waals surface area (Å²) in [5.74, 6) is -2.71. The van der Waals surface area contributed by atoms with Gasteiger partial charge in [0.25, 0.3) is 5.92 Å². The first-order valence-electron chi connectivity index (χ1n) is 7.39. The summed E-state index contributed by atoms with van der Waals surface area (Å²) in [6.07, 6.45) is 1.13. The van der Waals surface area contributed by atoms with E-state index in [0.29, 0.717) is 25.9 Å². The number of benzene rings is 1. The molecule has 0 bridgehead atoms. The van der Waals surface area contributed by atoms with E-state index in [-0.39, 0.29) is 12.0 Å². The topological polar surface area (TPSA) is 29.5 Å². The maximum absolute atomic E-state index is 13.8. The zero-order chi connectivity index (χ0) is 15.9. The van der Waals surface area contributed by atoms with Crippen LogP contribution in [0.1, 0.15) is 51.7 Å². The Hall–Kier alpha value is -0.935. The quantitative estimate of drug-likeness (QED) is 0.866. The SMILES string of the molecule is CC(C)(O)C(C)(C)OBc1ccc2c(c1)CCCC2(F)F. The zero-order valence-corrected chi connectivity index (χ0v) is 13.2. The lowest BCUT2D eigenvalue weighted by Gasteiger charge is -2.37. The summed E-state index contributed by atoms with van der Waals surface area (Å²) >= 11 is 0. The van der Waals surface area contributed by atoms with Gasteiger partial charge in [0.2, 0.25) is 0 Å². The molecule has 1 aliphatic carbocycles. The third-order valence-corrected chi connectivity index (χ3v) is 4.57. The molecule has 0 amide bonds. The molecule has 21 heavy (non-hydrogen) atoms. The Kier molecular flexibility index (Phi) is 4.20. The molecular weight excluding hydrogens is 273 g/mol. The van der Waals surface area contributed by atoms with Crippen LogP contribution < -0.4 is 5.46 Å². The molecule has 1 aliphatic rings. The van der Waals surface area contributed by atoms with Crippen molar-refractivity contribution in [3.8, 4) is 0 Å². The van der Waals surface area contributed by atoms with Crippen molar-refractivity contribution in [2.75, 3.05) is 0 Å². The van der Waals surface area contributed by atoms with Gasteiger partial charge in [-0.05, 0) is 46.1 Å². The average molecular weight is 296 g/mol. The molecule has 0 atom stereocenters. The Morgan fingerprint density at radius 3 is 2.52 bits per heavy atom. The van der Waals surface area contributed by atoms with Crippen LogP contribution in [0.3, 0.4) is 0 Å². The van der Waals surface area contributed by atoms with E-state index >= 15 is 0 Å². The first kappa shape index (κ1) is 16.4. The van der Waals surface area contributed by atoms with Gasteiger partial charge in [-0.3, -0.25) is 0 Å². The van der Waals surface area contributed by atoms with Crippen molar-refractivity contribution in [3.05, 3.63) is 29.3 Å². The third-order valence-electron chi connectivity index (χ3n) is 4.57. The van der Waals surface area contributed by atoms with Gasteiger partial charge in [0.05, 0.1) is 11.2 Å². The van der Waals surface area contributed by atoms with E-state index in [9.17, 15) is 13.9 Å². The Bertz CT molecular complexity index is 521. The van der Waals surface area contributed by atoms with Gasteiger partial charge in [-0.1, -0.05) is 23.7 Å². The molecule has 0 unspecified atom stereocenters. The standard InChI is InChI=1S/C16H23BF2O2/c1-14(2,20)15(3,4)21-17-12-7-8-13-11(10-12)6-5-9-16(13,18)19/h7-8,10,17,20H,5-6,9H2,1-4H3. The summed E-state index contributed by atoms with van der Waals surface area (Å²) < 4.78 is 33.4.